The molecule has 2 bridgehead atoms. The average molecular weight is 308 g/mol. The van der Waals surface area contributed by atoms with Gasteiger partial charge < -0.3 is 14.6 Å². The van der Waals surface area contributed by atoms with Crippen LogP contribution in [0.25, 0.3) is 0 Å². The number of hydrogen-bond donors (Lipinski definition) is 1. The van der Waals surface area contributed by atoms with Crippen molar-refractivity contribution in [2.75, 3.05) is 6.61 Å². The molecule has 2 saturated heterocycles. The van der Waals surface area contributed by atoms with Crippen LogP contribution in [0.15, 0.2) is 0 Å². The maximum Gasteiger partial charge on any atom is 0.142 e. The fourth-order valence-electron chi connectivity index (χ4n) is 3.34. The van der Waals surface area contributed by atoms with Crippen LogP contribution < -0.4 is 0 Å². The van der Waals surface area contributed by atoms with Crippen LogP contribution in [-0.2, 0) is 9.47 Å². The zero-order valence-corrected chi connectivity index (χ0v) is 10.4. The summed E-state index contributed by atoms with van der Waals surface area (Å²) >= 11 is 2.41. The quantitative estimate of drug-likeness (QED) is 0.384. The van der Waals surface area contributed by atoms with Crippen LogP contribution >= 0.6 is 22.6 Å². The molecule has 0 amide bonds. The van der Waals surface area contributed by atoms with Gasteiger partial charge in [0.2, 0.25) is 0 Å². The van der Waals surface area contributed by atoms with Gasteiger partial charge in [-0.05, 0) is 19.3 Å². The Morgan fingerprint density at radius 1 is 1.50 bits per heavy atom. The van der Waals surface area contributed by atoms with Gasteiger partial charge in [-0.2, -0.15) is 0 Å². The van der Waals surface area contributed by atoms with Crippen LogP contribution in [-0.4, -0.2) is 46.8 Å². The molecule has 14 heavy (non-hydrogen) atoms. The molecule has 0 aromatic rings. The van der Waals surface area contributed by atoms with Gasteiger partial charge >= 0.3 is 0 Å². The van der Waals surface area contributed by atoms with E-state index in [-0.39, 0.29) is 12.1 Å². The van der Waals surface area contributed by atoms with E-state index in [1.165, 1.54) is 0 Å². The molecule has 3 nitrogen and oxygen atoms in total. The van der Waals surface area contributed by atoms with Gasteiger partial charge in [0.15, 0.2) is 0 Å². The molecular formula is C9H14BIO3. The summed E-state index contributed by atoms with van der Waals surface area (Å²) < 4.78 is 12.1. The van der Waals surface area contributed by atoms with E-state index in [0.29, 0.717) is 10.5 Å². The molecule has 0 aromatic heterocycles. The Hall–Kier alpha value is 0.675. The van der Waals surface area contributed by atoms with Crippen molar-refractivity contribution in [1.82, 2.24) is 0 Å². The van der Waals surface area contributed by atoms with Crippen LogP contribution in [0.5, 0.6) is 0 Å². The zero-order chi connectivity index (χ0) is 9.97. The highest BCUT2D eigenvalue weighted by Gasteiger charge is 2.72. The van der Waals surface area contributed by atoms with Crippen molar-refractivity contribution in [2.45, 2.75) is 46.5 Å². The van der Waals surface area contributed by atoms with E-state index in [9.17, 15) is 5.11 Å². The topological polar surface area (TPSA) is 38.7 Å². The van der Waals surface area contributed by atoms with Crippen LogP contribution in [0.4, 0.5) is 0 Å². The van der Waals surface area contributed by atoms with E-state index >= 15 is 0 Å². The molecule has 0 spiro atoms. The van der Waals surface area contributed by atoms with Crippen LogP contribution in [0.3, 0.4) is 0 Å². The summed E-state index contributed by atoms with van der Waals surface area (Å²) in [6, 6.07) is 0.0455. The lowest BCUT2D eigenvalue weighted by molar-refractivity contribution is -0.137. The normalized spacial score (nSPS) is 61.4. The Bertz CT molecular complexity index is 277. The highest BCUT2D eigenvalue weighted by molar-refractivity contribution is 14.1. The van der Waals surface area contributed by atoms with Crippen LogP contribution in [0.1, 0.15) is 19.3 Å². The zero-order valence-electron chi connectivity index (χ0n) is 8.20. The molecule has 1 aliphatic carbocycles. The van der Waals surface area contributed by atoms with Crippen molar-refractivity contribution in [2.24, 2.45) is 0 Å². The summed E-state index contributed by atoms with van der Waals surface area (Å²) in [7, 11) is 2.01. The molecule has 3 aliphatic rings. The number of rotatable bonds is 0. The van der Waals surface area contributed by atoms with Crippen molar-refractivity contribution >= 4 is 30.4 Å². The minimum Gasteiger partial charge on any atom is -0.384 e. The Labute approximate surface area is 98.1 Å². The average Bonchev–Trinajstić information content (AvgIpc) is 2.53. The smallest absolute Gasteiger partial charge is 0.142 e. The van der Waals surface area contributed by atoms with Crippen molar-refractivity contribution in [3.63, 3.8) is 0 Å². The second-order valence-corrected chi connectivity index (χ2v) is 6.23. The molecule has 1 saturated carbocycles. The number of alkyl halides is 1. The van der Waals surface area contributed by atoms with Crippen molar-refractivity contribution < 1.29 is 14.6 Å². The van der Waals surface area contributed by atoms with Gasteiger partial charge in [0, 0.05) is 3.92 Å². The fourth-order valence-corrected chi connectivity index (χ4v) is 4.65. The molecular weight excluding hydrogens is 294 g/mol. The van der Waals surface area contributed by atoms with Gasteiger partial charge in [0.1, 0.15) is 25.2 Å². The lowest BCUT2D eigenvalue weighted by atomic mass is 9.71. The van der Waals surface area contributed by atoms with E-state index in [1.54, 1.807) is 0 Å². The first-order valence-electron chi connectivity index (χ1n) is 5.26. The maximum atomic E-state index is 10.7. The van der Waals surface area contributed by atoms with Gasteiger partial charge in [-0.15, -0.1) is 0 Å². The van der Waals surface area contributed by atoms with Crippen molar-refractivity contribution in [3.8, 4) is 0 Å². The van der Waals surface area contributed by atoms with Crippen LogP contribution in [0.2, 0.25) is 0 Å². The SMILES string of the molecule is B[C@@H]1O[C@]23COC1C2(O)CCCC3I. The van der Waals surface area contributed by atoms with E-state index < -0.39 is 11.2 Å². The molecule has 0 radical (unpaired) electrons. The van der Waals surface area contributed by atoms with Gasteiger partial charge in [0.05, 0.1) is 12.6 Å². The van der Waals surface area contributed by atoms with E-state index in [1.807, 2.05) is 7.85 Å². The van der Waals surface area contributed by atoms with Crippen molar-refractivity contribution in [1.29, 1.82) is 0 Å². The third-order valence-electron chi connectivity index (χ3n) is 4.02. The third-order valence-corrected chi connectivity index (χ3v) is 5.65. The fraction of sp³-hybridized carbons (Fsp3) is 1.00. The number of halogens is 1. The molecule has 0 aromatic carbocycles. The van der Waals surface area contributed by atoms with Gasteiger partial charge in [-0.3, -0.25) is 0 Å². The third kappa shape index (κ3) is 0.906. The summed E-state index contributed by atoms with van der Waals surface area (Å²) in [6.45, 7) is 0.576. The molecule has 2 heterocycles. The van der Waals surface area contributed by atoms with Gasteiger partial charge in [-0.25, -0.2) is 0 Å². The predicted molar refractivity (Wildman–Crippen MR) is 62.5 cm³/mol. The summed E-state index contributed by atoms with van der Waals surface area (Å²) in [5.74, 6) is 0. The highest BCUT2D eigenvalue weighted by Crippen LogP contribution is 2.56. The second-order valence-electron chi connectivity index (χ2n) is 4.73. The summed E-state index contributed by atoms with van der Waals surface area (Å²) in [5.41, 5.74) is -1.12. The lowest BCUT2D eigenvalue weighted by Crippen LogP contribution is -2.59. The minimum atomic E-state index is -0.712. The summed E-state index contributed by atoms with van der Waals surface area (Å²) in [5, 5.41) is 10.7. The first kappa shape index (κ1) is 9.87. The predicted octanol–water partition coefficient (Wildman–Crippen LogP) is -0.168. The molecule has 2 aliphatic heterocycles. The van der Waals surface area contributed by atoms with Gasteiger partial charge in [0.25, 0.3) is 0 Å². The van der Waals surface area contributed by atoms with Crippen molar-refractivity contribution in [3.05, 3.63) is 0 Å². The molecule has 3 rings (SSSR count). The molecule has 3 fully saturated rings. The first-order chi connectivity index (χ1) is 6.60. The number of aliphatic hydroxyl groups is 1. The molecule has 1 N–H and O–H groups in total. The Kier molecular flexibility index (Phi) is 2.02. The van der Waals surface area contributed by atoms with Crippen LogP contribution in [0, 0.1) is 0 Å². The minimum absolute atomic E-state index is 0.0455. The lowest BCUT2D eigenvalue weighted by Gasteiger charge is -2.43. The molecule has 3 unspecified atom stereocenters. The second kappa shape index (κ2) is 2.87. The Morgan fingerprint density at radius 3 is 2.93 bits per heavy atom. The number of hydrogen-bond acceptors (Lipinski definition) is 3. The standard InChI is InChI=1S/C9H14BIO3/c10-7-6-8(12)3-1-2-5(11)9(8,14-7)4-13-6/h5-7,12H,1-4,10H2/t5?,6?,7-,8?,9+/m1/s1. The molecule has 5 atom stereocenters. The molecule has 5 heteroatoms. The van der Waals surface area contributed by atoms with E-state index in [0.717, 1.165) is 19.3 Å². The first-order valence-corrected chi connectivity index (χ1v) is 6.51. The Morgan fingerprint density at radius 2 is 2.29 bits per heavy atom. The highest BCUT2D eigenvalue weighted by atomic mass is 127. The van der Waals surface area contributed by atoms with E-state index in [2.05, 4.69) is 22.6 Å². The monoisotopic (exact) mass is 308 g/mol. The number of ether oxygens (including phenoxy) is 2. The molecule has 78 valence electrons. The largest absolute Gasteiger partial charge is 0.384 e. The van der Waals surface area contributed by atoms with E-state index in [4.69, 9.17) is 9.47 Å². The maximum absolute atomic E-state index is 10.7. The summed E-state index contributed by atoms with van der Waals surface area (Å²) in [6.07, 6.45) is 2.95. The summed E-state index contributed by atoms with van der Waals surface area (Å²) in [4.78, 5) is 0. The Balaban J connectivity index is 2.07. The van der Waals surface area contributed by atoms with Gasteiger partial charge in [-0.1, -0.05) is 22.6 Å².